The van der Waals surface area contributed by atoms with Crippen molar-refractivity contribution in [1.82, 2.24) is 5.01 Å². The lowest BCUT2D eigenvalue weighted by atomic mass is 10.1. The number of aryl methyl sites for hydroxylation is 1. The fraction of sp³-hybridized carbons (Fsp3) is 0.150. The van der Waals surface area contributed by atoms with Crippen LogP contribution in [0, 0.1) is 17.0 Å². The molecule has 0 saturated heterocycles. The molecule has 0 aliphatic carbocycles. The van der Waals surface area contributed by atoms with E-state index in [1.807, 2.05) is 13.0 Å². The van der Waals surface area contributed by atoms with E-state index in [1.54, 1.807) is 12.1 Å². The monoisotopic (exact) mass is 393 g/mol. The van der Waals surface area contributed by atoms with Crippen molar-refractivity contribution in [3.05, 3.63) is 85.8 Å². The van der Waals surface area contributed by atoms with Gasteiger partial charge in [0.05, 0.1) is 15.9 Å². The molecule has 2 aromatic carbocycles. The van der Waals surface area contributed by atoms with Gasteiger partial charge in [0.1, 0.15) is 11.8 Å². The number of fused-ring (bicyclic) bond motifs is 1. The van der Waals surface area contributed by atoms with E-state index in [9.17, 15) is 19.7 Å². The molecule has 1 aliphatic heterocycles. The van der Waals surface area contributed by atoms with Gasteiger partial charge in [-0.05, 0) is 31.2 Å². The zero-order valence-electron chi connectivity index (χ0n) is 15.5. The standard InChI is InChI=1S/C20H15N3O6/c1-11-3-8-17-15(9-11)18(25)16(10-28-17)20-22(12(2)24)21-19(29-20)13-4-6-14(7-5-13)23(26)27/h3-10,20H,1-2H3. The van der Waals surface area contributed by atoms with Crippen molar-refractivity contribution in [1.29, 1.82) is 0 Å². The maximum Gasteiger partial charge on any atom is 0.269 e. The first kappa shape index (κ1) is 18.4. The summed E-state index contributed by atoms with van der Waals surface area (Å²) in [5, 5.41) is 16.4. The van der Waals surface area contributed by atoms with Gasteiger partial charge in [-0.1, -0.05) is 11.6 Å². The van der Waals surface area contributed by atoms with Gasteiger partial charge >= 0.3 is 0 Å². The Morgan fingerprint density at radius 3 is 2.59 bits per heavy atom. The second kappa shape index (κ2) is 6.86. The lowest BCUT2D eigenvalue weighted by Gasteiger charge is -2.18. The summed E-state index contributed by atoms with van der Waals surface area (Å²) in [5.41, 5.74) is 1.46. The van der Waals surface area contributed by atoms with Crippen LogP contribution in [0.4, 0.5) is 5.69 Å². The summed E-state index contributed by atoms with van der Waals surface area (Å²) < 4.78 is 11.4. The van der Waals surface area contributed by atoms with Crippen molar-refractivity contribution < 1.29 is 18.9 Å². The molecule has 29 heavy (non-hydrogen) atoms. The largest absolute Gasteiger partial charge is 0.464 e. The normalized spacial score (nSPS) is 15.9. The van der Waals surface area contributed by atoms with Crippen LogP contribution in [0.25, 0.3) is 11.0 Å². The van der Waals surface area contributed by atoms with E-state index >= 15 is 0 Å². The van der Waals surface area contributed by atoms with Crippen molar-refractivity contribution in [2.75, 3.05) is 0 Å². The molecule has 0 fully saturated rings. The number of hydrogen-bond acceptors (Lipinski definition) is 7. The number of rotatable bonds is 3. The van der Waals surface area contributed by atoms with Crippen molar-refractivity contribution in [2.45, 2.75) is 20.1 Å². The molecule has 0 saturated carbocycles. The van der Waals surface area contributed by atoms with E-state index in [0.717, 1.165) is 10.6 Å². The summed E-state index contributed by atoms with van der Waals surface area (Å²) in [5.74, 6) is -0.362. The second-order valence-corrected chi connectivity index (χ2v) is 6.56. The molecule has 0 radical (unpaired) electrons. The average Bonchev–Trinajstić information content (AvgIpc) is 3.14. The average molecular weight is 393 g/mol. The highest BCUT2D eigenvalue weighted by atomic mass is 16.6. The van der Waals surface area contributed by atoms with Gasteiger partial charge < -0.3 is 9.15 Å². The fourth-order valence-electron chi connectivity index (χ4n) is 3.04. The number of hydrazone groups is 1. The van der Waals surface area contributed by atoms with Crippen LogP contribution in [0.1, 0.15) is 29.8 Å². The van der Waals surface area contributed by atoms with Gasteiger partial charge in [0.2, 0.25) is 23.5 Å². The zero-order chi connectivity index (χ0) is 20.7. The van der Waals surface area contributed by atoms with Gasteiger partial charge in [0, 0.05) is 24.6 Å². The molecule has 2 heterocycles. The zero-order valence-corrected chi connectivity index (χ0v) is 15.5. The first-order valence-corrected chi connectivity index (χ1v) is 8.67. The van der Waals surface area contributed by atoms with Gasteiger partial charge in [-0.25, -0.2) is 0 Å². The minimum absolute atomic E-state index is 0.0730. The summed E-state index contributed by atoms with van der Waals surface area (Å²) >= 11 is 0. The molecule has 146 valence electrons. The highest BCUT2D eigenvalue weighted by molar-refractivity contribution is 5.96. The third-order valence-electron chi connectivity index (χ3n) is 4.51. The van der Waals surface area contributed by atoms with Crippen LogP contribution >= 0.6 is 0 Å². The Balaban J connectivity index is 1.74. The molecular formula is C20H15N3O6. The molecule has 0 spiro atoms. The van der Waals surface area contributed by atoms with Crippen LogP contribution in [0.5, 0.6) is 0 Å². The number of hydrogen-bond donors (Lipinski definition) is 0. The van der Waals surface area contributed by atoms with Crippen molar-refractivity contribution in [2.24, 2.45) is 5.10 Å². The molecule has 1 aromatic heterocycles. The number of ether oxygens (including phenoxy) is 1. The molecule has 9 heteroatoms. The second-order valence-electron chi connectivity index (χ2n) is 6.56. The maximum absolute atomic E-state index is 13.0. The van der Waals surface area contributed by atoms with Crippen LogP contribution in [-0.2, 0) is 9.53 Å². The molecule has 1 amide bonds. The third-order valence-corrected chi connectivity index (χ3v) is 4.51. The third kappa shape index (κ3) is 3.22. The molecule has 9 nitrogen and oxygen atoms in total. The Morgan fingerprint density at radius 2 is 1.93 bits per heavy atom. The van der Waals surface area contributed by atoms with Gasteiger partial charge in [-0.3, -0.25) is 19.7 Å². The van der Waals surface area contributed by atoms with Gasteiger partial charge in [0.25, 0.3) is 5.69 Å². The minimum Gasteiger partial charge on any atom is -0.464 e. The van der Waals surface area contributed by atoms with Crippen molar-refractivity contribution >= 4 is 28.5 Å². The number of carbonyl (C=O) groups excluding carboxylic acids is 1. The van der Waals surface area contributed by atoms with Crippen LogP contribution in [-0.4, -0.2) is 21.7 Å². The number of amides is 1. The van der Waals surface area contributed by atoms with E-state index in [-0.39, 0.29) is 22.6 Å². The molecule has 0 bridgehead atoms. The molecular weight excluding hydrogens is 378 g/mol. The Bertz CT molecular complexity index is 1230. The Kier molecular flexibility index (Phi) is 4.34. The van der Waals surface area contributed by atoms with Crippen LogP contribution < -0.4 is 5.43 Å². The number of nitrogens with zero attached hydrogens (tertiary/aromatic N) is 3. The molecule has 3 aromatic rings. The van der Waals surface area contributed by atoms with Crippen LogP contribution in [0.2, 0.25) is 0 Å². The van der Waals surface area contributed by atoms with Gasteiger partial charge in [-0.15, -0.1) is 5.10 Å². The fourth-order valence-corrected chi connectivity index (χ4v) is 3.04. The predicted octanol–water partition coefficient (Wildman–Crippen LogP) is 3.25. The van der Waals surface area contributed by atoms with E-state index in [4.69, 9.17) is 9.15 Å². The van der Waals surface area contributed by atoms with Gasteiger partial charge in [-0.2, -0.15) is 5.01 Å². The number of non-ortho nitro benzene ring substituents is 1. The van der Waals surface area contributed by atoms with E-state index in [0.29, 0.717) is 16.5 Å². The van der Waals surface area contributed by atoms with E-state index < -0.39 is 17.1 Å². The number of nitro groups is 1. The van der Waals surface area contributed by atoms with E-state index in [1.165, 1.54) is 37.5 Å². The smallest absolute Gasteiger partial charge is 0.269 e. The van der Waals surface area contributed by atoms with Gasteiger partial charge in [0.15, 0.2) is 0 Å². The minimum atomic E-state index is -1.10. The number of nitro benzene ring substituents is 1. The maximum atomic E-state index is 13.0. The molecule has 1 atom stereocenters. The van der Waals surface area contributed by atoms with Crippen LogP contribution in [0.15, 0.2) is 63.0 Å². The molecule has 1 aliphatic rings. The summed E-state index contributed by atoms with van der Waals surface area (Å²) in [6.07, 6.45) is 0.161. The quantitative estimate of drug-likeness (QED) is 0.498. The Morgan fingerprint density at radius 1 is 1.21 bits per heavy atom. The molecule has 4 rings (SSSR count). The Hall–Kier alpha value is -4.01. The predicted molar refractivity (Wildman–Crippen MR) is 103 cm³/mol. The summed E-state index contributed by atoms with van der Waals surface area (Å²) in [6.45, 7) is 3.15. The highest BCUT2D eigenvalue weighted by Crippen LogP contribution is 2.30. The van der Waals surface area contributed by atoms with Crippen LogP contribution in [0.3, 0.4) is 0 Å². The van der Waals surface area contributed by atoms with E-state index in [2.05, 4.69) is 5.10 Å². The topological polar surface area (TPSA) is 115 Å². The first-order chi connectivity index (χ1) is 13.8. The first-order valence-electron chi connectivity index (χ1n) is 8.67. The summed E-state index contributed by atoms with van der Waals surface area (Å²) in [6, 6.07) is 10.8. The number of carbonyl (C=O) groups is 1. The molecule has 1 unspecified atom stereocenters. The highest BCUT2D eigenvalue weighted by Gasteiger charge is 2.35. The van der Waals surface area contributed by atoms with Crippen molar-refractivity contribution in [3.63, 3.8) is 0 Å². The lowest BCUT2D eigenvalue weighted by molar-refractivity contribution is -0.384. The van der Waals surface area contributed by atoms with Crippen molar-refractivity contribution in [3.8, 4) is 0 Å². The number of benzene rings is 2. The SMILES string of the molecule is CC(=O)N1N=C(c2ccc([N+](=O)[O-])cc2)OC1c1coc2ccc(C)cc2c1=O. The molecule has 0 N–H and O–H groups in total. The lowest BCUT2D eigenvalue weighted by Crippen LogP contribution is -2.29. The summed E-state index contributed by atoms with van der Waals surface area (Å²) in [7, 11) is 0. The Labute approximate surface area is 164 Å². The summed E-state index contributed by atoms with van der Waals surface area (Å²) in [4.78, 5) is 35.4.